The van der Waals surface area contributed by atoms with Gasteiger partial charge in [0, 0.05) is 37.7 Å². The molecule has 0 saturated heterocycles. The van der Waals surface area contributed by atoms with Gasteiger partial charge in [-0.3, -0.25) is 9.59 Å². The number of cyclic esters (lactones) is 1. The van der Waals surface area contributed by atoms with E-state index in [4.69, 9.17) is 14.2 Å². The minimum absolute atomic E-state index is 0.110. The summed E-state index contributed by atoms with van der Waals surface area (Å²) in [5, 5.41) is 10.9. The average molecular weight is 435 g/mol. The van der Waals surface area contributed by atoms with Crippen molar-refractivity contribution in [2.45, 2.75) is 78.9 Å². The Morgan fingerprint density at radius 2 is 1.90 bits per heavy atom. The molecule has 1 N–H and O–H groups in total. The van der Waals surface area contributed by atoms with Crippen LogP contribution in [0.3, 0.4) is 0 Å². The summed E-state index contributed by atoms with van der Waals surface area (Å²) in [6.07, 6.45) is 3.71. The van der Waals surface area contributed by atoms with Crippen LogP contribution in [0.15, 0.2) is 22.8 Å². The number of carbonyl (C=O) groups excluding carboxylic acids is 3. The number of ether oxygens (including phenoxy) is 3. The molecule has 5 unspecified atom stereocenters. The molecule has 5 atom stereocenters. The second-order valence-electron chi connectivity index (χ2n) is 9.91. The Kier molecular flexibility index (Phi) is 6.65. The zero-order chi connectivity index (χ0) is 23.0. The molecule has 0 aromatic rings. The largest absolute Gasteiger partial charge is 0.465 e. The van der Waals surface area contributed by atoms with Crippen LogP contribution < -0.4 is 0 Å². The van der Waals surface area contributed by atoms with Gasteiger partial charge in [-0.25, -0.2) is 4.79 Å². The summed E-state index contributed by atoms with van der Waals surface area (Å²) in [4.78, 5) is 34.9. The fraction of sp³-hybridized carbons (Fsp3) is 0.708. The van der Waals surface area contributed by atoms with Crippen molar-refractivity contribution in [3.63, 3.8) is 0 Å². The number of aliphatic hydroxyl groups excluding tert-OH is 1. The third kappa shape index (κ3) is 4.86. The van der Waals surface area contributed by atoms with Crippen LogP contribution in [0.25, 0.3) is 0 Å². The quantitative estimate of drug-likeness (QED) is 0.389. The Morgan fingerprint density at radius 1 is 1.19 bits per heavy atom. The van der Waals surface area contributed by atoms with Crippen LogP contribution in [-0.2, 0) is 28.6 Å². The van der Waals surface area contributed by atoms with E-state index in [0.717, 1.165) is 17.6 Å². The topological polar surface area (TPSA) is 99.1 Å². The molecule has 31 heavy (non-hydrogen) atoms. The fourth-order valence-electron chi connectivity index (χ4n) is 6.40. The number of allylic oxidation sites excluding steroid dienone is 1. The van der Waals surface area contributed by atoms with E-state index in [1.54, 1.807) is 6.08 Å². The summed E-state index contributed by atoms with van der Waals surface area (Å²) in [5.74, 6) is -1.12. The van der Waals surface area contributed by atoms with Gasteiger partial charge in [-0.05, 0) is 43.6 Å². The van der Waals surface area contributed by atoms with Gasteiger partial charge in [0.15, 0.2) is 0 Å². The van der Waals surface area contributed by atoms with Gasteiger partial charge in [0.2, 0.25) is 0 Å². The highest BCUT2D eigenvalue weighted by atomic mass is 16.5. The van der Waals surface area contributed by atoms with Crippen molar-refractivity contribution in [1.29, 1.82) is 0 Å². The van der Waals surface area contributed by atoms with Crippen LogP contribution in [0.4, 0.5) is 0 Å². The van der Waals surface area contributed by atoms with Crippen molar-refractivity contribution in [2.75, 3.05) is 13.2 Å². The van der Waals surface area contributed by atoms with Gasteiger partial charge in [0.1, 0.15) is 12.7 Å². The maximum absolute atomic E-state index is 11.9. The molecule has 7 nitrogen and oxygen atoms in total. The number of fused-ring (bicyclic) bond motifs is 1. The second kappa shape index (κ2) is 8.77. The number of esters is 3. The highest BCUT2D eigenvalue weighted by Crippen LogP contribution is 2.61. The molecule has 172 valence electrons. The predicted octanol–water partition coefficient (Wildman–Crippen LogP) is 3.25. The van der Waals surface area contributed by atoms with Crippen molar-refractivity contribution in [2.24, 2.45) is 16.7 Å². The molecule has 1 saturated carbocycles. The van der Waals surface area contributed by atoms with Crippen LogP contribution in [0.2, 0.25) is 0 Å². The van der Waals surface area contributed by atoms with E-state index in [-0.39, 0.29) is 36.5 Å². The van der Waals surface area contributed by atoms with Crippen LogP contribution in [0.1, 0.15) is 66.7 Å². The van der Waals surface area contributed by atoms with Crippen molar-refractivity contribution in [3.05, 3.63) is 22.8 Å². The van der Waals surface area contributed by atoms with E-state index in [1.165, 1.54) is 19.4 Å². The monoisotopic (exact) mass is 434 g/mol. The van der Waals surface area contributed by atoms with Gasteiger partial charge in [0.25, 0.3) is 0 Å². The third-order valence-electron chi connectivity index (χ3n) is 7.22. The third-order valence-corrected chi connectivity index (χ3v) is 7.22. The summed E-state index contributed by atoms with van der Waals surface area (Å²) in [5.41, 5.74) is 2.37. The van der Waals surface area contributed by atoms with Crippen LogP contribution in [0, 0.1) is 16.7 Å². The molecule has 2 aliphatic carbocycles. The molecule has 1 heterocycles. The molecule has 0 aromatic carbocycles. The molecular weight excluding hydrogens is 400 g/mol. The molecule has 3 rings (SSSR count). The van der Waals surface area contributed by atoms with Crippen molar-refractivity contribution >= 4 is 17.9 Å². The lowest BCUT2D eigenvalue weighted by Crippen LogP contribution is -2.58. The number of hydrogen-bond donors (Lipinski definition) is 1. The summed E-state index contributed by atoms with van der Waals surface area (Å²) >= 11 is 0. The lowest BCUT2D eigenvalue weighted by Gasteiger charge is -2.59. The zero-order valence-electron chi connectivity index (χ0n) is 19.2. The number of carbonyl (C=O) groups is 3. The van der Waals surface area contributed by atoms with Gasteiger partial charge in [-0.1, -0.05) is 25.0 Å². The maximum Gasteiger partial charge on any atom is 0.331 e. The first-order valence-electron chi connectivity index (χ1n) is 11.0. The van der Waals surface area contributed by atoms with Crippen molar-refractivity contribution in [1.82, 2.24) is 0 Å². The van der Waals surface area contributed by atoms with Crippen LogP contribution in [0.5, 0.6) is 0 Å². The Morgan fingerprint density at radius 3 is 2.48 bits per heavy atom. The average Bonchev–Trinajstić information content (AvgIpc) is 3.03. The Labute approximate surface area is 183 Å². The maximum atomic E-state index is 11.9. The molecule has 3 aliphatic rings. The molecular formula is C24H34O7. The summed E-state index contributed by atoms with van der Waals surface area (Å²) in [7, 11) is 0. The van der Waals surface area contributed by atoms with Gasteiger partial charge < -0.3 is 19.3 Å². The molecule has 0 radical (unpaired) electrons. The summed E-state index contributed by atoms with van der Waals surface area (Å²) < 4.78 is 16.3. The lowest BCUT2D eigenvalue weighted by molar-refractivity contribution is -0.179. The van der Waals surface area contributed by atoms with E-state index in [9.17, 15) is 19.5 Å². The smallest absolute Gasteiger partial charge is 0.331 e. The fourth-order valence-corrected chi connectivity index (χ4v) is 6.40. The Bertz CT molecular complexity index is 826. The van der Waals surface area contributed by atoms with E-state index >= 15 is 0 Å². The highest BCUT2D eigenvalue weighted by Gasteiger charge is 2.59. The summed E-state index contributed by atoms with van der Waals surface area (Å²) in [6, 6.07) is 0. The minimum Gasteiger partial charge on any atom is -0.465 e. The number of hydrogen-bond acceptors (Lipinski definition) is 7. The number of aliphatic hydroxyl groups is 1. The van der Waals surface area contributed by atoms with Crippen LogP contribution in [-0.4, -0.2) is 48.4 Å². The molecule has 0 aromatic heterocycles. The van der Waals surface area contributed by atoms with Gasteiger partial charge in [0.05, 0.1) is 12.7 Å². The highest BCUT2D eigenvalue weighted by molar-refractivity contribution is 5.85. The zero-order valence-corrected chi connectivity index (χ0v) is 19.2. The second-order valence-corrected chi connectivity index (χ2v) is 9.91. The van der Waals surface area contributed by atoms with Crippen molar-refractivity contribution in [3.8, 4) is 0 Å². The Hall–Kier alpha value is -2.15. The molecule has 0 bridgehead atoms. The van der Waals surface area contributed by atoms with E-state index < -0.39 is 16.9 Å². The van der Waals surface area contributed by atoms with Gasteiger partial charge in [-0.15, -0.1) is 0 Å². The van der Waals surface area contributed by atoms with Crippen LogP contribution >= 0.6 is 0 Å². The predicted molar refractivity (Wildman–Crippen MR) is 113 cm³/mol. The first-order valence-corrected chi connectivity index (χ1v) is 11.0. The molecule has 7 heteroatoms. The minimum atomic E-state index is -0.559. The standard InChI is InChI=1S/C24H34O7/c1-14-8-20(31-16(3)26)22-23(4,13-30-15(2)25)10-18(27)11-24(22,5)19(14)7-6-17-9-21(28)29-12-17/h9,18,20,22,27H,6-8,10-13H2,1-5H3. The van der Waals surface area contributed by atoms with Gasteiger partial charge in [-0.2, -0.15) is 0 Å². The van der Waals surface area contributed by atoms with Gasteiger partial charge >= 0.3 is 17.9 Å². The van der Waals surface area contributed by atoms with E-state index in [2.05, 4.69) is 13.8 Å². The van der Waals surface area contributed by atoms with Crippen molar-refractivity contribution < 1.29 is 33.7 Å². The molecule has 1 fully saturated rings. The van der Waals surface area contributed by atoms with E-state index in [0.29, 0.717) is 32.3 Å². The SMILES string of the molecule is CC(=O)OCC1(C)CC(O)CC2(C)C(CCC3=CC(=O)OC3)=C(C)CC(OC(C)=O)C12. The molecule has 1 aliphatic heterocycles. The first kappa shape index (κ1) is 23.5. The molecule has 0 spiro atoms. The Balaban J connectivity index is 1.98. The lowest BCUT2D eigenvalue weighted by atomic mass is 9.48. The molecule has 0 amide bonds. The number of rotatable bonds is 6. The first-order chi connectivity index (χ1) is 14.4. The van der Waals surface area contributed by atoms with E-state index in [1.807, 2.05) is 6.92 Å². The normalized spacial score (nSPS) is 35.2. The summed E-state index contributed by atoms with van der Waals surface area (Å²) in [6.45, 7) is 9.48.